The smallest absolute Gasteiger partial charge is 0.257 e. The Labute approximate surface area is 125 Å². The Bertz CT molecular complexity index is 627. The lowest BCUT2D eigenvalue weighted by Crippen LogP contribution is -2.53. The van der Waals surface area contributed by atoms with Crippen molar-refractivity contribution >= 4 is 28.7 Å². The number of amides is 1. The summed E-state index contributed by atoms with van der Waals surface area (Å²) in [6.07, 6.45) is 1.47. The van der Waals surface area contributed by atoms with Gasteiger partial charge in [0, 0.05) is 11.3 Å². The number of aromatic nitrogens is 2. The highest BCUT2D eigenvalue weighted by molar-refractivity contribution is 8.14. The number of nitrogens with zero attached hydrogens (tertiary/aromatic N) is 4. The van der Waals surface area contributed by atoms with E-state index in [-0.39, 0.29) is 16.8 Å². The summed E-state index contributed by atoms with van der Waals surface area (Å²) in [5, 5.41) is 8.89. The first-order chi connectivity index (χ1) is 10.1. The highest BCUT2D eigenvalue weighted by Crippen LogP contribution is 2.18. The standard InChI is InChI=1S/C13H14N4O3S/c1-16(2)17-8-12(20-15-17)14-11(18)9-21-13(19)10-6-4-3-5-7-10/h3-8H,9H2,1-2H3. The van der Waals surface area contributed by atoms with Crippen LogP contribution in [-0.4, -0.2) is 36.1 Å². The van der Waals surface area contributed by atoms with E-state index in [9.17, 15) is 9.59 Å². The molecule has 1 aromatic heterocycles. The molecule has 2 rings (SSSR count). The molecule has 0 atom stereocenters. The number of benzene rings is 1. The molecule has 2 aromatic rings. The Kier molecular flexibility index (Phi) is 4.94. The van der Waals surface area contributed by atoms with Gasteiger partial charge in [-0.25, -0.2) is 0 Å². The Balaban J connectivity index is 1.83. The van der Waals surface area contributed by atoms with E-state index >= 15 is 0 Å². The highest BCUT2D eigenvalue weighted by atomic mass is 32.2. The van der Waals surface area contributed by atoms with Crippen LogP contribution < -0.4 is 9.80 Å². The first-order valence-electron chi connectivity index (χ1n) is 6.09. The summed E-state index contributed by atoms with van der Waals surface area (Å²) in [4.78, 5) is 24.9. The van der Waals surface area contributed by atoms with Crippen molar-refractivity contribution in [2.45, 2.75) is 0 Å². The Hall–Kier alpha value is -2.35. The van der Waals surface area contributed by atoms with E-state index in [0.29, 0.717) is 5.56 Å². The van der Waals surface area contributed by atoms with Crippen molar-refractivity contribution in [3.05, 3.63) is 47.4 Å². The van der Waals surface area contributed by atoms with E-state index in [1.807, 2.05) is 6.07 Å². The Morgan fingerprint density at radius 2 is 2.05 bits per heavy atom. The molecule has 0 N–H and O–H groups in total. The predicted octanol–water partition coefficient (Wildman–Crippen LogP) is 1.27. The summed E-state index contributed by atoms with van der Waals surface area (Å²) < 4.78 is 4.88. The van der Waals surface area contributed by atoms with Crippen molar-refractivity contribution in [2.75, 3.05) is 24.9 Å². The molecule has 8 heteroatoms. The van der Waals surface area contributed by atoms with Crippen LogP contribution in [0, 0.1) is 0 Å². The van der Waals surface area contributed by atoms with Gasteiger partial charge in [-0.1, -0.05) is 42.1 Å². The maximum absolute atomic E-state index is 11.8. The topological polar surface area (TPSA) is 81.4 Å². The summed E-state index contributed by atoms with van der Waals surface area (Å²) in [5.74, 6) is -0.399. The van der Waals surface area contributed by atoms with Crippen molar-refractivity contribution in [1.29, 1.82) is 0 Å². The molecule has 21 heavy (non-hydrogen) atoms. The molecule has 0 unspecified atom stereocenters. The first-order valence-corrected chi connectivity index (χ1v) is 7.08. The van der Waals surface area contributed by atoms with Crippen LogP contribution in [0.15, 0.2) is 41.1 Å². The van der Waals surface area contributed by atoms with E-state index < -0.39 is 5.91 Å². The second-order valence-electron chi connectivity index (χ2n) is 4.26. The fourth-order valence-corrected chi connectivity index (χ4v) is 2.03. The molecule has 7 nitrogen and oxygen atoms in total. The summed E-state index contributed by atoms with van der Waals surface area (Å²) >= 11 is 0.908. The van der Waals surface area contributed by atoms with Crippen molar-refractivity contribution in [1.82, 2.24) is 5.27 Å². The zero-order valence-corrected chi connectivity index (χ0v) is 12.4. The van der Waals surface area contributed by atoms with E-state index in [1.165, 1.54) is 11.0 Å². The van der Waals surface area contributed by atoms with Crippen LogP contribution in [0.1, 0.15) is 10.4 Å². The lowest BCUT2D eigenvalue weighted by Gasteiger charge is -2.11. The number of thioether (sulfide) groups is 1. The fraction of sp³-hybridized carbons (Fsp3) is 0.231. The first kappa shape index (κ1) is 15.0. The lowest BCUT2D eigenvalue weighted by atomic mass is 10.2. The van der Waals surface area contributed by atoms with Gasteiger partial charge in [0.15, 0.2) is 0 Å². The van der Waals surface area contributed by atoms with Gasteiger partial charge in [-0.2, -0.15) is 5.01 Å². The zero-order valence-electron chi connectivity index (χ0n) is 11.6. The average molecular weight is 306 g/mol. The summed E-state index contributed by atoms with van der Waals surface area (Å²) in [7, 11) is 3.53. The highest BCUT2D eigenvalue weighted by Gasteiger charge is 2.10. The van der Waals surface area contributed by atoms with Crippen molar-refractivity contribution in [2.24, 2.45) is 0 Å². The molecule has 0 radical (unpaired) electrons. The van der Waals surface area contributed by atoms with Crippen molar-refractivity contribution < 1.29 is 18.9 Å². The van der Waals surface area contributed by atoms with Gasteiger partial charge < -0.3 is 14.6 Å². The second-order valence-corrected chi connectivity index (χ2v) is 5.20. The normalized spacial score (nSPS) is 10.2. The molecule has 1 heterocycles. The van der Waals surface area contributed by atoms with Gasteiger partial charge in [-0.15, -0.1) is 0 Å². The van der Waals surface area contributed by atoms with Gasteiger partial charge in [0.05, 0.1) is 24.8 Å². The van der Waals surface area contributed by atoms with Crippen LogP contribution in [-0.2, 0) is 4.79 Å². The third kappa shape index (κ3) is 4.32. The summed E-state index contributed by atoms with van der Waals surface area (Å²) in [6.45, 7) is 0. The summed E-state index contributed by atoms with van der Waals surface area (Å²) in [5.41, 5.74) is 0.556. The van der Waals surface area contributed by atoms with Crippen LogP contribution in [0.2, 0.25) is 0 Å². The van der Waals surface area contributed by atoms with Gasteiger partial charge in [0.25, 0.3) is 6.20 Å². The van der Waals surface area contributed by atoms with Gasteiger partial charge >= 0.3 is 0 Å². The molecule has 0 aliphatic carbocycles. The van der Waals surface area contributed by atoms with Crippen molar-refractivity contribution in [3.8, 4) is 0 Å². The molecule has 0 spiro atoms. The molecule has 0 bridgehead atoms. The Morgan fingerprint density at radius 1 is 1.33 bits per heavy atom. The number of hydrogen-bond acceptors (Lipinski definition) is 6. The molecule has 0 saturated heterocycles. The number of carbonyl (C=O) groups is 2. The monoisotopic (exact) mass is 306 g/mol. The fourth-order valence-electron chi connectivity index (χ4n) is 1.41. The van der Waals surface area contributed by atoms with Gasteiger partial charge in [0.2, 0.25) is 10.4 Å². The molecule has 1 amide bonds. The lowest BCUT2D eigenvalue weighted by molar-refractivity contribution is -0.753. The van der Waals surface area contributed by atoms with E-state index in [1.54, 1.807) is 43.4 Å². The minimum Gasteiger partial charge on any atom is -0.588 e. The molecular formula is C13H14N4O3S. The average Bonchev–Trinajstić information content (AvgIpc) is 2.94. The van der Waals surface area contributed by atoms with Gasteiger partial charge in [-0.3, -0.25) is 4.79 Å². The molecule has 0 aliphatic heterocycles. The molecule has 0 aliphatic rings. The maximum atomic E-state index is 11.8. The minimum atomic E-state index is -0.452. The van der Waals surface area contributed by atoms with Crippen LogP contribution in [0.5, 0.6) is 0 Å². The number of carbonyl (C=O) groups excluding carboxylic acids is 2. The largest absolute Gasteiger partial charge is 0.588 e. The molecular weight excluding hydrogens is 292 g/mol. The van der Waals surface area contributed by atoms with Crippen LogP contribution in [0.25, 0.3) is 5.32 Å². The number of rotatable bonds is 5. The van der Waals surface area contributed by atoms with Crippen molar-refractivity contribution in [3.63, 3.8) is 0 Å². The SMILES string of the molecule is CN(C)[n+]1cc([N-]C(=O)CSC(=O)c2ccccc2)on1. The maximum Gasteiger partial charge on any atom is 0.257 e. The summed E-state index contributed by atoms with van der Waals surface area (Å²) in [6, 6.07) is 8.77. The van der Waals surface area contributed by atoms with Gasteiger partial charge in [-0.05, 0) is 0 Å². The number of hydrogen-bond donors (Lipinski definition) is 0. The third-order valence-electron chi connectivity index (χ3n) is 2.42. The van der Waals surface area contributed by atoms with Crippen LogP contribution >= 0.6 is 11.8 Å². The predicted molar refractivity (Wildman–Crippen MR) is 78.0 cm³/mol. The second kappa shape index (κ2) is 6.89. The Morgan fingerprint density at radius 3 is 2.67 bits per heavy atom. The van der Waals surface area contributed by atoms with Gasteiger partial charge in [0.1, 0.15) is 5.88 Å². The third-order valence-corrected chi connectivity index (χ3v) is 3.31. The van der Waals surface area contributed by atoms with E-state index in [2.05, 4.69) is 10.6 Å². The minimum absolute atomic E-state index is 0.0452. The quantitative estimate of drug-likeness (QED) is 0.774. The van der Waals surface area contributed by atoms with Crippen LogP contribution in [0.3, 0.4) is 0 Å². The zero-order chi connectivity index (χ0) is 15.2. The van der Waals surface area contributed by atoms with E-state index in [0.717, 1.165) is 11.8 Å². The molecule has 0 fully saturated rings. The molecule has 0 saturated carbocycles. The molecule has 110 valence electrons. The molecule has 1 aromatic carbocycles. The van der Waals surface area contributed by atoms with E-state index in [4.69, 9.17) is 4.52 Å². The van der Waals surface area contributed by atoms with Crippen LogP contribution in [0.4, 0.5) is 5.88 Å².